The van der Waals surface area contributed by atoms with E-state index in [-0.39, 0.29) is 19.1 Å². The fourth-order valence-corrected chi connectivity index (χ4v) is 1.76. The van der Waals surface area contributed by atoms with Gasteiger partial charge in [0.2, 0.25) is 0 Å². The fourth-order valence-electron chi connectivity index (χ4n) is 1.76. The molecule has 0 atom stereocenters. The Labute approximate surface area is 95.8 Å². The maximum atomic E-state index is 11.9. The first kappa shape index (κ1) is 12.3. The summed E-state index contributed by atoms with van der Waals surface area (Å²) in [5.41, 5.74) is 0. The highest BCUT2D eigenvalue weighted by atomic mass is 16.2. The largest absolute Gasteiger partial charge is 0.325 e. The average Bonchev–Trinajstić information content (AvgIpc) is 2.29. The maximum Gasteiger partial charge on any atom is 0.321 e. The lowest BCUT2D eigenvalue weighted by atomic mass is 10.00. The van der Waals surface area contributed by atoms with Gasteiger partial charge < -0.3 is 4.90 Å². The highest BCUT2D eigenvalue weighted by Gasteiger charge is 2.24. The Morgan fingerprint density at radius 1 is 1.31 bits per heavy atom. The Hall–Kier alpha value is -1.75. The summed E-state index contributed by atoms with van der Waals surface area (Å²) in [5, 5.41) is 17.2. The summed E-state index contributed by atoms with van der Waals surface area (Å²) in [6.07, 6.45) is 2.00. The van der Waals surface area contributed by atoms with E-state index in [1.807, 2.05) is 12.1 Å². The molecule has 0 aromatic carbocycles. The van der Waals surface area contributed by atoms with E-state index >= 15 is 0 Å². The van der Waals surface area contributed by atoms with Crippen LogP contribution in [0.25, 0.3) is 0 Å². The van der Waals surface area contributed by atoms with Crippen molar-refractivity contribution in [3.63, 3.8) is 0 Å². The summed E-state index contributed by atoms with van der Waals surface area (Å²) in [4.78, 5) is 15.0. The maximum absolute atomic E-state index is 11.9. The molecule has 0 saturated carbocycles. The van der Waals surface area contributed by atoms with Crippen LogP contribution in [0.4, 0.5) is 4.79 Å². The molecular weight excluding hydrogens is 204 g/mol. The quantitative estimate of drug-likeness (QED) is 0.656. The lowest BCUT2D eigenvalue weighted by Crippen LogP contribution is -2.46. The second kappa shape index (κ2) is 5.97. The molecule has 1 rings (SSSR count). The first-order valence-electron chi connectivity index (χ1n) is 5.46. The molecule has 16 heavy (non-hydrogen) atoms. The lowest BCUT2D eigenvalue weighted by molar-refractivity contribution is 0.143. The second-order valence-corrected chi connectivity index (χ2v) is 4.12. The number of carbonyl (C=O) groups is 1. The Morgan fingerprint density at radius 2 is 1.81 bits per heavy atom. The Kier molecular flexibility index (Phi) is 4.60. The molecule has 1 saturated heterocycles. The monoisotopic (exact) mass is 220 g/mol. The van der Waals surface area contributed by atoms with Crippen molar-refractivity contribution in [2.24, 2.45) is 5.92 Å². The molecule has 1 heterocycles. The third-order valence-corrected chi connectivity index (χ3v) is 2.85. The lowest BCUT2D eigenvalue weighted by Gasteiger charge is -2.33. The Bertz CT molecular complexity index is 304. The molecule has 2 amide bonds. The van der Waals surface area contributed by atoms with Crippen molar-refractivity contribution in [3.05, 3.63) is 0 Å². The summed E-state index contributed by atoms with van der Waals surface area (Å²) in [5.74, 6) is 0.657. The van der Waals surface area contributed by atoms with E-state index in [1.54, 1.807) is 4.90 Å². The molecule has 86 valence electrons. The molecule has 5 heteroatoms. The molecule has 1 aliphatic heterocycles. The van der Waals surface area contributed by atoms with Crippen LogP contribution in [-0.4, -0.2) is 42.0 Å². The van der Waals surface area contributed by atoms with Gasteiger partial charge in [0.1, 0.15) is 13.1 Å². The van der Waals surface area contributed by atoms with Crippen LogP contribution in [0.5, 0.6) is 0 Å². The van der Waals surface area contributed by atoms with Crippen molar-refractivity contribution in [1.29, 1.82) is 10.5 Å². The third kappa shape index (κ3) is 3.13. The normalized spacial score (nSPS) is 16.3. The minimum absolute atomic E-state index is 0.0154. The van der Waals surface area contributed by atoms with Gasteiger partial charge in [0.25, 0.3) is 0 Å². The predicted octanol–water partition coefficient (Wildman–Crippen LogP) is 1.19. The fraction of sp³-hybridized carbons (Fsp3) is 0.727. The number of rotatable bonds is 2. The molecule has 0 N–H and O–H groups in total. The SMILES string of the molecule is CC1CCN(C(=O)N(CC#N)CC#N)CC1. The molecule has 0 unspecified atom stereocenters. The smallest absolute Gasteiger partial charge is 0.321 e. The van der Waals surface area contributed by atoms with Crippen molar-refractivity contribution in [2.45, 2.75) is 19.8 Å². The summed E-state index contributed by atoms with van der Waals surface area (Å²) >= 11 is 0. The molecule has 0 aromatic heterocycles. The number of amides is 2. The van der Waals surface area contributed by atoms with Gasteiger partial charge in [-0.15, -0.1) is 0 Å². The number of carbonyl (C=O) groups excluding carboxylic acids is 1. The van der Waals surface area contributed by atoms with Crippen molar-refractivity contribution in [2.75, 3.05) is 26.2 Å². The summed E-state index contributed by atoms with van der Waals surface area (Å²) in [6, 6.07) is 3.63. The van der Waals surface area contributed by atoms with Gasteiger partial charge in [-0.1, -0.05) is 6.92 Å². The van der Waals surface area contributed by atoms with Crippen molar-refractivity contribution in [1.82, 2.24) is 9.80 Å². The van der Waals surface area contributed by atoms with Gasteiger partial charge in [-0.3, -0.25) is 4.90 Å². The predicted molar refractivity (Wildman–Crippen MR) is 58.2 cm³/mol. The molecule has 5 nitrogen and oxygen atoms in total. The van der Waals surface area contributed by atoms with E-state index in [1.165, 1.54) is 4.90 Å². The van der Waals surface area contributed by atoms with Crippen molar-refractivity contribution in [3.8, 4) is 12.1 Å². The molecule has 0 aromatic rings. The highest BCUT2D eigenvalue weighted by Crippen LogP contribution is 2.17. The van der Waals surface area contributed by atoms with Gasteiger partial charge in [-0.25, -0.2) is 4.79 Å². The van der Waals surface area contributed by atoms with Gasteiger partial charge in [0.05, 0.1) is 12.1 Å². The average molecular weight is 220 g/mol. The number of hydrogen-bond donors (Lipinski definition) is 0. The summed E-state index contributed by atoms with van der Waals surface area (Å²) in [7, 11) is 0. The van der Waals surface area contributed by atoms with Gasteiger partial charge in [-0.2, -0.15) is 10.5 Å². The van der Waals surface area contributed by atoms with Gasteiger partial charge in [0.15, 0.2) is 0 Å². The Balaban J connectivity index is 2.54. The van der Waals surface area contributed by atoms with Crippen LogP contribution in [0.3, 0.4) is 0 Å². The van der Waals surface area contributed by atoms with Gasteiger partial charge in [0, 0.05) is 13.1 Å². The number of nitriles is 2. The second-order valence-electron chi connectivity index (χ2n) is 4.12. The van der Waals surface area contributed by atoms with E-state index in [0.29, 0.717) is 5.92 Å². The van der Waals surface area contributed by atoms with Crippen molar-refractivity contribution >= 4 is 6.03 Å². The minimum Gasteiger partial charge on any atom is -0.325 e. The Morgan fingerprint density at radius 3 is 2.25 bits per heavy atom. The molecule has 1 fully saturated rings. The number of hydrogen-bond acceptors (Lipinski definition) is 3. The number of urea groups is 1. The van der Waals surface area contributed by atoms with E-state index in [0.717, 1.165) is 25.9 Å². The first-order valence-corrected chi connectivity index (χ1v) is 5.46. The molecule has 0 aliphatic carbocycles. The van der Waals surface area contributed by atoms with Gasteiger partial charge >= 0.3 is 6.03 Å². The molecule has 0 bridgehead atoms. The zero-order chi connectivity index (χ0) is 12.0. The van der Waals surface area contributed by atoms with Crippen LogP contribution in [-0.2, 0) is 0 Å². The number of likely N-dealkylation sites (tertiary alicyclic amines) is 1. The zero-order valence-corrected chi connectivity index (χ0v) is 9.52. The van der Waals surface area contributed by atoms with Crippen LogP contribution in [0.2, 0.25) is 0 Å². The van der Waals surface area contributed by atoms with E-state index in [4.69, 9.17) is 10.5 Å². The van der Waals surface area contributed by atoms with Crippen molar-refractivity contribution < 1.29 is 4.79 Å². The van der Waals surface area contributed by atoms with E-state index < -0.39 is 0 Å². The number of piperidine rings is 1. The minimum atomic E-state index is -0.185. The summed E-state index contributed by atoms with van der Waals surface area (Å²) in [6.45, 7) is 3.60. The van der Waals surface area contributed by atoms with Crippen LogP contribution in [0, 0.1) is 28.6 Å². The molecule has 0 spiro atoms. The summed E-state index contributed by atoms with van der Waals surface area (Å²) < 4.78 is 0. The van der Waals surface area contributed by atoms with E-state index in [9.17, 15) is 4.79 Å². The molecule has 1 aliphatic rings. The standard InChI is InChI=1S/C11H16N4O/c1-10-2-6-14(7-3-10)11(16)15(8-4-12)9-5-13/h10H,2-3,6-9H2,1H3. The molecule has 0 radical (unpaired) electrons. The van der Waals surface area contributed by atoms with E-state index in [2.05, 4.69) is 6.92 Å². The molecular formula is C11H16N4O. The first-order chi connectivity index (χ1) is 7.69. The van der Waals surface area contributed by atoms with Crippen LogP contribution in [0.1, 0.15) is 19.8 Å². The van der Waals surface area contributed by atoms with Gasteiger partial charge in [-0.05, 0) is 18.8 Å². The highest BCUT2D eigenvalue weighted by molar-refractivity contribution is 5.75. The van der Waals surface area contributed by atoms with Crippen LogP contribution < -0.4 is 0 Å². The van der Waals surface area contributed by atoms with Crippen LogP contribution >= 0.6 is 0 Å². The third-order valence-electron chi connectivity index (χ3n) is 2.85. The van der Waals surface area contributed by atoms with Crippen LogP contribution in [0.15, 0.2) is 0 Å². The number of nitrogens with zero attached hydrogens (tertiary/aromatic N) is 4. The topological polar surface area (TPSA) is 71.1 Å². The zero-order valence-electron chi connectivity index (χ0n) is 9.52.